The topological polar surface area (TPSA) is 111 Å². The van der Waals surface area contributed by atoms with E-state index in [-0.39, 0.29) is 18.6 Å². The molecule has 6 rings (SSSR count). The number of fused-ring (bicyclic) bond motifs is 5. The summed E-state index contributed by atoms with van der Waals surface area (Å²) in [4.78, 5) is 45.3. The van der Waals surface area contributed by atoms with Gasteiger partial charge in [0.25, 0.3) is 5.56 Å². The van der Waals surface area contributed by atoms with Gasteiger partial charge in [0.05, 0.1) is 29.0 Å². The van der Waals surface area contributed by atoms with Gasteiger partial charge in [0.1, 0.15) is 12.4 Å². The minimum absolute atomic E-state index is 0.0856. The van der Waals surface area contributed by atoms with Crippen LogP contribution in [0.3, 0.4) is 0 Å². The summed E-state index contributed by atoms with van der Waals surface area (Å²) in [7, 11) is 1.72. The molecule has 0 spiro atoms. The molecule has 0 saturated heterocycles. The molecule has 4 aromatic rings. The number of hydrogen-bond acceptors (Lipinski definition) is 7. The Kier molecular flexibility index (Phi) is 7.30. The van der Waals surface area contributed by atoms with Crippen LogP contribution in [0, 0.1) is 3.57 Å². The monoisotopic (exact) mass is 679 g/mol. The number of esters is 1. The second-order valence-corrected chi connectivity index (χ2v) is 12.0. The van der Waals surface area contributed by atoms with Gasteiger partial charge in [-0.3, -0.25) is 4.79 Å². The van der Waals surface area contributed by atoms with E-state index < -0.39 is 17.7 Å². The van der Waals surface area contributed by atoms with Crippen molar-refractivity contribution >= 4 is 45.6 Å². The number of pyridine rings is 2. The second kappa shape index (κ2) is 10.8. The Balaban J connectivity index is 1.31. The zero-order valence-corrected chi connectivity index (χ0v) is 25.7. The van der Waals surface area contributed by atoms with Crippen molar-refractivity contribution < 1.29 is 24.2 Å². The number of amides is 1. The number of aryl methyl sites for hydroxylation is 1. The average molecular weight is 680 g/mol. The number of rotatable bonds is 6. The molecule has 9 nitrogen and oxygen atoms in total. The van der Waals surface area contributed by atoms with E-state index in [4.69, 9.17) is 14.5 Å². The number of hydrogen-bond donors (Lipinski definition) is 1. The molecule has 42 heavy (non-hydrogen) atoms. The van der Waals surface area contributed by atoms with Gasteiger partial charge in [-0.25, -0.2) is 14.6 Å². The Labute approximate surface area is 256 Å². The van der Waals surface area contributed by atoms with E-state index in [1.165, 1.54) is 0 Å². The predicted octanol–water partition coefficient (Wildman–Crippen LogP) is 4.92. The lowest BCUT2D eigenvalue weighted by molar-refractivity contribution is -0.172. The number of aromatic nitrogens is 2. The predicted molar refractivity (Wildman–Crippen MR) is 165 cm³/mol. The molecule has 0 aliphatic carbocycles. The van der Waals surface area contributed by atoms with Crippen molar-refractivity contribution in [2.45, 2.75) is 51.9 Å². The minimum Gasteiger partial charge on any atom is -0.458 e. The molecule has 10 heteroatoms. The van der Waals surface area contributed by atoms with E-state index in [9.17, 15) is 19.5 Å². The first-order chi connectivity index (χ1) is 20.1. The maximum Gasteiger partial charge on any atom is 0.414 e. The highest BCUT2D eigenvalue weighted by Gasteiger charge is 2.45. The Bertz CT molecular complexity index is 1820. The maximum atomic E-state index is 13.5. The van der Waals surface area contributed by atoms with Crippen molar-refractivity contribution in [3.05, 3.63) is 90.3 Å². The van der Waals surface area contributed by atoms with E-state index in [0.717, 1.165) is 32.1 Å². The summed E-state index contributed by atoms with van der Waals surface area (Å²) in [6.07, 6.45) is 1.02. The molecule has 2 aliphatic rings. The van der Waals surface area contributed by atoms with E-state index >= 15 is 0 Å². The minimum atomic E-state index is -1.87. The molecule has 0 radical (unpaired) electrons. The third-order valence-electron chi connectivity index (χ3n) is 8.30. The average Bonchev–Trinajstić information content (AvgIpc) is 3.36. The molecule has 2 aliphatic heterocycles. The number of carbonyl (C=O) groups is 2. The van der Waals surface area contributed by atoms with Crippen molar-refractivity contribution in [1.29, 1.82) is 0 Å². The lowest BCUT2D eigenvalue weighted by Crippen LogP contribution is -2.44. The van der Waals surface area contributed by atoms with Crippen LogP contribution in [0.4, 0.5) is 4.79 Å². The fourth-order valence-corrected chi connectivity index (χ4v) is 6.19. The molecule has 0 saturated carbocycles. The normalized spacial score (nSPS) is 16.9. The van der Waals surface area contributed by atoms with E-state index in [2.05, 4.69) is 34.7 Å². The van der Waals surface area contributed by atoms with Gasteiger partial charge in [0, 0.05) is 33.7 Å². The Hall–Kier alpha value is -3.77. The van der Waals surface area contributed by atoms with Crippen LogP contribution in [0.5, 0.6) is 5.75 Å². The van der Waals surface area contributed by atoms with Crippen molar-refractivity contribution in [1.82, 2.24) is 14.5 Å². The van der Waals surface area contributed by atoms with Gasteiger partial charge >= 0.3 is 12.1 Å². The number of aliphatic hydroxyl groups is 1. The highest BCUT2D eigenvalue weighted by Crippen LogP contribution is 2.40. The maximum absolute atomic E-state index is 13.5. The molecule has 0 bridgehead atoms. The molecule has 1 N–H and O–H groups in total. The van der Waals surface area contributed by atoms with Gasteiger partial charge in [0.2, 0.25) is 0 Å². The molecule has 1 amide bonds. The number of ether oxygens (including phenoxy) is 2. The van der Waals surface area contributed by atoms with Crippen LogP contribution < -0.4 is 10.3 Å². The summed E-state index contributed by atoms with van der Waals surface area (Å²) in [5.41, 5.74) is 3.37. The van der Waals surface area contributed by atoms with Gasteiger partial charge in [0.15, 0.2) is 5.60 Å². The summed E-state index contributed by atoms with van der Waals surface area (Å²) in [5.74, 6) is -0.333. The Morgan fingerprint density at radius 3 is 2.62 bits per heavy atom. The molecule has 2 aromatic heterocycles. The zero-order chi connectivity index (χ0) is 29.8. The van der Waals surface area contributed by atoms with Gasteiger partial charge in [-0.05, 0) is 89.4 Å². The second-order valence-electron chi connectivity index (χ2n) is 10.7. The number of cyclic esters (lactones) is 1. The molecule has 1 atom stereocenters. The molecule has 216 valence electrons. The lowest BCUT2D eigenvalue weighted by atomic mass is 9.86. The van der Waals surface area contributed by atoms with E-state index in [1.54, 1.807) is 35.6 Å². The van der Waals surface area contributed by atoms with Crippen molar-refractivity contribution in [2.24, 2.45) is 0 Å². The van der Waals surface area contributed by atoms with E-state index in [1.807, 2.05) is 31.2 Å². The molecule has 0 fully saturated rings. The van der Waals surface area contributed by atoms with Crippen LogP contribution in [-0.2, 0) is 41.1 Å². The fourth-order valence-electron chi connectivity index (χ4n) is 5.83. The Morgan fingerprint density at radius 2 is 1.90 bits per heavy atom. The van der Waals surface area contributed by atoms with Crippen LogP contribution in [0.2, 0.25) is 0 Å². The molecule has 2 aromatic carbocycles. The van der Waals surface area contributed by atoms with Crippen LogP contribution >= 0.6 is 22.6 Å². The largest absolute Gasteiger partial charge is 0.458 e. The lowest BCUT2D eigenvalue weighted by Gasteiger charge is -2.31. The quantitative estimate of drug-likeness (QED) is 0.201. The number of likely N-dealkylation sites (N-methyl/N-ethyl adjacent to an activating group) is 1. The summed E-state index contributed by atoms with van der Waals surface area (Å²) in [6.45, 7) is 4.37. The first-order valence-electron chi connectivity index (χ1n) is 13.9. The van der Waals surface area contributed by atoms with Gasteiger partial charge in [-0.2, -0.15) is 0 Å². The van der Waals surface area contributed by atoms with Crippen molar-refractivity contribution in [2.75, 3.05) is 13.6 Å². The first kappa shape index (κ1) is 28.4. The van der Waals surface area contributed by atoms with E-state index in [0.29, 0.717) is 53.3 Å². The highest BCUT2D eigenvalue weighted by molar-refractivity contribution is 14.1. The summed E-state index contributed by atoms with van der Waals surface area (Å²) >= 11 is 2.27. The third-order valence-corrected chi connectivity index (χ3v) is 9.02. The number of benzene rings is 2. The molecule has 4 heterocycles. The Morgan fingerprint density at radius 1 is 1.14 bits per heavy atom. The van der Waals surface area contributed by atoms with Crippen LogP contribution in [0.15, 0.2) is 53.3 Å². The van der Waals surface area contributed by atoms with Crippen molar-refractivity contribution in [3.8, 4) is 17.1 Å². The SMILES string of the molecule is CCc1c2c(nc3ccc(OC(=O)N(C)CCc4ccc(I)cc4)cc13)-c1cc3c(c(=O)n1C2)COC(=O)[C@]3(O)CC. The van der Waals surface area contributed by atoms with Crippen LogP contribution in [0.1, 0.15) is 48.1 Å². The number of carbonyl (C=O) groups excluding carboxylic acids is 2. The van der Waals surface area contributed by atoms with Gasteiger partial charge in [-0.1, -0.05) is 26.0 Å². The van der Waals surface area contributed by atoms with Gasteiger partial charge < -0.3 is 24.0 Å². The van der Waals surface area contributed by atoms with Crippen LogP contribution in [0.25, 0.3) is 22.3 Å². The standard InChI is InChI=1S/C32H30IN3O6/c1-4-21-22-14-20(42-31(39)35(3)13-12-18-6-8-19(33)9-7-18)10-11-26(22)34-28-23(21)16-36-27(28)15-25-24(29(36)37)17-41-30(38)32(25,40)5-2/h6-11,14-15,40H,4-5,12-13,16-17H2,1-3H3/t32-/m0/s1. The highest BCUT2D eigenvalue weighted by atomic mass is 127. The smallest absolute Gasteiger partial charge is 0.414 e. The summed E-state index contributed by atoms with van der Waals surface area (Å²) in [6, 6.07) is 15.3. The fraction of sp³-hybridized carbons (Fsp3) is 0.312. The third kappa shape index (κ3) is 4.66. The first-order valence-corrected chi connectivity index (χ1v) is 15.0. The number of halogens is 1. The zero-order valence-electron chi connectivity index (χ0n) is 23.6. The molecular weight excluding hydrogens is 649 g/mol. The summed E-state index contributed by atoms with van der Waals surface area (Å²) in [5, 5.41) is 12.0. The van der Waals surface area contributed by atoms with Crippen LogP contribution in [-0.4, -0.2) is 45.2 Å². The van der Waals surface area contributed by atoms with Crippen molar-refractivity contribution in [3.63, 3.8) is 0 Å². The molecule has 0 unspecified atom stereocenters. The van der Waals surface area contributed by atoms with Gasteiger partial charge in [-0.15, -0.1) is 0 Å². The molecular formula is C32H30IN3O6. The summed E-state index contributed by atoms with van der Waals surface area (Å²) < 4.78 is 13.7. The number of nitrogens with zero attached hydrogens (tertiary/aromatic N) is 3.